The smallest absolute Gasteiger partial charge is 0.00695 e. The first kappa shape index (κ1) is 14.0. The summed E-state index contributed by atoms with van der Waals surface area (Å²) in [5.41, 5.74) is 0. The van der Waals surface area contributed by atoms with Crippen LogP contribution in [-0.4, -0.2) is 12.1 Å². The number of nitrogens with one attached hydrogen (secondary N) is 1. The Balaban J connectivity index is 3.80. The molecule has 0 bridgehead atoms. The third-order valence-corrected chi connectivity index (χ3v) is 3.00. The molecule has 0 saturated carbocycles. The standard InChI is InChI=1S/C13H29N/c1-5-9-11-13(10-6-2)14-12(7-3)8-4/h12-14H,5-11H2,1-4H3. The Hall–Kier alpha value is -0.0400. The molecule has 0 aromatic rings. The molecule has 0 rings (SSSR count). The van der Waals surface area contributed by atoms with Gasteiger partial charge in [-0.2, -0.15) is 0 Å². The van der Waals surface area contributed by atoms with E-state index in [2.05, 4.69) is 33.0 Å². The van der Waals surface area contributed by atoms with Gasteiger partial charge in [-0.15, -0.1) is 0 Å². The highest BCUT2D eigenvalue weighted by Gasteiger charge is 2.11. The zero-order chi connectivity index (χ0) is 10.8. The Morgan fingerprint density at radius 3 is 1.86 bits per heavy atom. The lowest BCUT2D eigenvalue weighted by Gasteiger charge is -2.24. The molecule has 1 atom stereocenters. The van der Waals surface area contributed by atoms with Gasteiger partial charge in [-0.1, -0.05) is 47.0 Å². The lowest BCUT2D eigenvalue weighted by atomic mass is 10.0. The summed E-state index contributed by atoms with van der Waals surface area (Å²) in [7, 11) is 0. The van der Waals surface area contributed by atoms with Gasteiger partial charge in [-0.05, 0) is 25.7 Å². The SMILES string of the molecule is CCCCC(CCC)NC(CC)CC. The minimum absolute atomic E-state index is 0.739. The van der Waals surface area contributed by atoms with Crippen molar-refractivity contribution in [2.45, 2.75) is 84.7 Å². The van der Waals surface area contributed by atoms with Crippen molar-refractivity contribution in [3.63, 3.8) is 0 Å². The molecule has 0 aromatic carbocycles. The third kappa shape index (κ3) is 6.42. The van der Waals surface area contributed by atoms with Gasteiger partial charge < -0.3 is 5.32 Å². The van der Waals surface area contributed by atoms with Crippen molar-refractivity contribution >= 4 is 0 Å². The first-order chi connectivity index (χ1) is 6.78. The van der Waals surface area contributed by atoms with Crippen molar-refractivity contribution < 1.29 is 0 Å². The van der Waals surface area contributed by atoms with Gasteiger partial charge >= 0.3 is 0 Å². The highest BCUT2D eigenvalue weighted by Crippen LogP contribution is 2.09. The van der Waals surface area contributed by atoms with Crippen LogP contribution < -0.4 is 5.32 Å². The van der Waals surface area contributed by atoms with Crippen molar-refractivity contribution in [1.82, 2.24) is 5.32 Å². The molecule has 0 spiro atoms. The minimum Gasteiger partial charge on any atom is -0.311 e. The van der Waals surface area contributed by atoms with Crippen LogP contribution in [0.4, 0.5) is 0 Å². The van der Waals surface area contributed by atoms with Crippen LogP contribution in [0.2, 0.25) is 0 Å². The van der Waals surface area contributed by atoms with Crippen molar-refractivity contribution in [3.05, 3.63) is 0 Å². The van der Waals surface area contributed by atoms with Crippen LogP contribution in [0.1, 0.15) is 72.6 Å². The number of rotatable bonds is 9. The fourth-order valence-corrected chi connectivity index (χ4v) is 1.97. The summed E-state index contributed by atoms with van der Waals surface area (Å²) in [6.45, 7) is 9.13. The van der Waals surface area contributed by atoms with E-state index in [1.807, 2.05) is 0 Å². The molecule has 0 radical (unpaired) electrons. The number of hydrogen-bond donors (Lipinski definition) is 1. The molecule has 0 aromatic heterocycles. The molecule has 0 saturated heterocycles. The van der Waals surface area contributed by atoms with Gasteiger partial charge in [0, 0.05) is 12.1 Å². The van der Waals surface area contributed by atoms with E-state index in [0.29, 0.717) is 0 Å². The molecule has 1 heteroatoms. The van der Waals surface area contributed by atoms with E-state index in [1.54, 1.807) is 0 Å². The van der Waals surface area contributed by atoms with Crippen LogP contribution in [-0.2, 0) is 0 Å². The second-order valence-electron chi connectivity index (χ2n) is 4.31. The summed E-state index contributed by atoms with van der Waals surface area (Å²) in [4.78, 5) is 0. The Morgan fingerprint density at radius 1 is 0.786 bits per heavy atom. The average molecular weight is 199 g/mol. The van der Waals surface area contributed by atoms with Crippen LogP contribution in [0.25, 0.3) is 0 Å². The van der Waals surface area contributed by atoms with E-state index in [4.69, 9.17) is 0 Å². The van der Waals surface area contributed by atoms with E-state index in [1.165, 1.54) is 44.9 Å². The van der Waals surface area contributed by atoms with Crippen molar-refractivity contribution in [2.75, 3.05) is 0 Å². The normalized spacial score (nSPS) is 13.5. The van der Waals surface area contributed by atoms with Crippen LogP contribution >= 0.6 is 0 Å². The van der Waals surface area contributed by atoms with Gasteiger partial charge in [0.25, 0.3) is 0 Å². The first-order valence-electron chi connectivity index (χ1n) is 6.54. The van der Waals surface area contributed by atoms with Crippen molar-refractivity contribution in [3.8, 4) is 0 Å². The summed E-state index contributed by atoms with van der Waals surface area (Å²) >= 11 is 0. The summed E-state index contributed by atoms with van der Waals surface area (Å²) < 4.78 is 0. The molecule has 0 aliphatic carbocycles. The Kier molecular flexibility index (Phi) is 9.49. The maximum absolute atomic E-state index is 3.79. The Morgan fingerprint density at radius 2 is 1.43 bits per heavy atom. The van der Waals surface area contributed by atoms with Gasteiger partial charge in [0.15, 0.2) is 0 Å². The van der Waals surface area contributed by atoms with E-state index >= 15 is 0 Å². The zero-order valence-corrected chi connectivity index (χ0v) is 10.6. The van der Waals surface area contributed by atoms with Gasteiger partial charge in [0.2, 0.25) is 0 Å². The summed E-state index contributed by atoms with van der Waals surface area (Å²) in [5, 5.41) is 3.79. The molecule has 1 N–H and O–H groups in total. The van der Waals surface area contributed by atoms with E-state index in [9.17, 15) is 0 Å². The van der Waals surface area contributed by atoms with Gasteiger partial charge in [0.1, 0.15) is 0 Å². The molecule has 0 fully saturated rings. The Labute approximate surface area is 90.7 Å². The lowest BCUT2D eigenvalue weighted by molar-refractivity contribution is 0.365. The van der Waals surface area contributed by atoms with Gasteiger partial charge in [-0.3, -0.25) is 0 Å². The van der Waals surface area contributed by atoms with E-state index in [0.717, 1.165) is 12.1 Å². The highest BCUT2D eigenvalue weighted by molar-refractivity contribution is 4.72. The predicted molar refractivity (Wildman–Crippen MR) is 65.7 cm³/mol. The predicted octanol–water partition coefficient (Wildman–Crippen LogP) is 4.12. The van der Waals surface area contributed by atoms with Gasteiger partial charge in [-0.25, -0.2) is 0 Å². The third-order valence-electron chi connectivity index (χ3n) is 3.00. The minimum atomic E-state index is 0.739. The Bertz CT molecular complexity index is 108. The molecule has 0 amide bonds. The molecular weight excluding hydrogens is 170 g/mol. The quantitative estimate of drug-likeness (QED) is 0.589. The molecule has 0 aliphatic heterocycles. The maximum atomic E-state index is 3.79. The van der Waals surface area contributed by atoms with Crippen LogP contribution in [0.3, 0.4) is 0 Å². The number of hydrogen-bond acceptors (Lipinski definition) is 1. The summed E-state index contributed by atoms with van der Waals surface area (Å²) in [6, 6.07) is 1.51. The largest absolute Gasteiger partial charge is 0.311 e. The molecule has 14 heavy (non-hydrogen) atoms. The monoisotopic (exact) mass is 199 g/mol. The zero-order valence-electron chi connectivity index (χ0n) is 10.6. The molecule has 0 heterocycles. The fourth-order valence-electron chi connectivity index (χ4n) is 1.97. The lowest BCUT2D eigenvalue weighted by Crippen LogP contribution is -2.37. The van der Waals surface area contributed by atoms with Crippen LogP contribution in [0.15, 0.2) is 0 Å². The van der Waals surface area contributed by atoms with E-state index < -0.39 is 0 Å². The average Bonchev–Trinajstić information content (AvgIpc) is 2.22. The highest BCUT2D eigenvalue weighted by atomic mass is 14.9. The van der Waals surface area contributed by atoms with Crippen molar-refractivity contribution in [2.24, 2.45) is 0 Å². The van der Waals surface area contributed by atoms with Crippen LogP contribution in [0.5, 0.6) is 0 Å². The molecule has 0 aliphatic rings. The molecule has 1 unspecified atom stereocenters. The summed E-state index contributed by atoms with van der Waals surface area (Å²) in [5.74, 6) is 0. The van der Waals surface area contributed by atoms with E-state index in [-0.39, 0.29) is 0 Å². The maximum Gasteiger partial charge on any atom is 0.00695 e. The summed E-state index contributed by atoms with van der Waals surface area (Å²) in [6.07, 6.45) is 9.24. The number of unbranched alkanes of at least 4 members (excludes halogenated alkanes) is 1. The molecular formula is C13H29N. The van der Waals surface area contributed by atoms with Crippen molar-refractivity contribution in [1.29, 1.82) is 0 Å². The molecule has 86 valence electrons. The topological polar surface area (TPSA) is 12.0 Å². The van der Waals surface area contributed by atoms with Crippen LogP contribution in [0, 0.1) is 0 Å². The first-order valence-corrected chi connectivity index (χ1v) is 6.54. The van der Waals surface area contributed by atoms with Gasteiger partial charge in [0.05, 0.1) is 0 Å². The second kappa shape index (κ2) is 9.51. The fraction of sp³-hybridized carbons (Fsp3) is 1.00. The second-order valence-corrected chi connectivity index (χ2v) is 4.31. The molecule has 1 nitrogen and oxygen atoms in total.